The summed E-state index contributed by atoms with van der Waals surface area (Å²) in [5.74, 6) is 0.210. The Labute approximate surface area is 113 Å². The van der Waals surface area contributed by atoms with E-state index < -0.39 is 10.8 Å². The average molecular weight is 277 g/mol. The van der Waals surface area contributed by atoms with E-state index in [1.54, 1.807) is 0 Å². The number of hydrogen-bond donors (Lipinski definition) is 2. The first-order valence-electron chi connectivity index (χ1n) is 5.56. The van der Waals surface area contributed by atoms with E-state index in [9.17, 15) is 14.9 Å². The van der Waals surface area contributed by atoms with Gasteiger partial charge in [0, 0.05) is 6.07 Å². The number of aromatic amines is 1. The van der Waals surface area contributed by atoms with Crippen molar-refractivity contribution in [2.45, 2.75) is 6.54 Å². The van der Waals surface area contributed by atoms with Crippen molar-refractivity contribution >= 4 is 11.6 Å². The molecular weight excluding hydrogens is 266 g/mol. The number of ether oxygens (including phenoxy) is 1. The molecule has 0 spiro atoms. The molecule has 1 heterocycles. The molecule has 0 atom stereocenters. The minimum atomic E-state index is -0.557. The zero-order valence-corrected chi connectivity index (χ0v) is 10.5. The molecule has 2 rings (SSSR count). The summed E-state index contributed by atoms with van der Waals surface area (Å²) >= 11 is 0. The van der Waals surface area contributed by atoms with E-state index in [4.69, 9.17) is 4.74 Å². The molecule has 9 nitrogen and oxygen atoms in total. The van der Waals surface area contributed by atoms with Gasteiger partial charge in [0.25, 0.3) is 11.6 Å². The van der Waals surface area contributed by atoms with Crippen LogP contribution in [-0.2, 0) is 6.54 Å². The van der Waals surface area contributed by atoms with E-state index in [2.05, 4.69) is 20.5 Å². The minimum Gasteiger partial charge on any atom is -0.496 e. The van der Waals surface area contributed by atoms with Gasteiger partial charge in [-0.15, -0.1) is 0 Å². The average Bonchev–Trinajstić information content (AvgIpc) is 2.97. The molecule has 0 radical (unpaired) electrons. The topological polar surface area (TPSA) is 123 Å². The van der Waals surface area contributed by atoms with Gasteiger partial charge < -0.3 is 10.1 Å². The van der Waals surface area contributed by atoms with Crippen LogP contribution in [0.5, 0.6) is 5.75 Å². The van der Waals surface area contributed by atoms with Crippen molar-refractivity contribution in [1.29, 1.82) is 0 Å². The number of carbonyl (C=O) groups is 1. The molecule has 0 saturated heterocycles. The van der Waals surface area contributed by atoms with Gasteiger partial charge in [-0.1, -0.05) is 0 Å². The smallest absolute Gasteiger partial charge is 0.273 e. The highest BCUT2D eigenvalue weighted by Crippen LogP contribution is 2.24. The Balaban J connectivity index is 2.14. The van der Waals surface area contributed by atoms with Crippen LogP contribution in [0.25, 0.3) is 0 Å². The molecule has 1 amide bonds. The Morgan fingerprint density at radius 3 is 2.95 bits per heavy atom. The molecule has 0 unspecified atom stereocenters. The zero-order valence-electron chi connectivity index (χ0n) is 10.5. The zero-order chi connectivity index (χ0) is 14.5. The number of carbonyl (C=O) groups excluding carboxylic acids is 1. The predicted octanol–water partition coefficient (Wildman–Crippen LogP) is 0.651. The number of aromatic nitrogens is 3. The van der Waals surface area contributed by atoms with E-state index in [0.29, 0.717) is 5.82 Å². The summed E-state index contributed by atoms with van der Waals surface area (Å²) < 4.78 is 4.99. The number of amides is 1. The Morgan fingerprint density at radius 2 is 2.35 bits per heavy atom. The number of nitro benzene ring substituents is 1. The molecule has 104 valence electrons. The highest BCUT2D eigenvalue weighted by atomic mass is 16.6. The molecule has 1 aromatic carbocycles. The lowest BCUT2D eigenvalue weighted by Crippen LogP contribution is -2.24. The molecule has 0 saturated carbocycles. The van der Waals surface area contributed by atoms with E-state index in [1.165, 1.54) is 31.6 Å². The van der Waals surface area contributed by atoms with Crippen LogP contribution in [0.1, 0.15) is 16.2 Å². The minimum absolute atomic E-state index is 0.134. The van der Waals surface area contributed by atoms with Crippen molar-refractivity contribution in [3.63, 3.8) is 0 Å². The lowest BCUT2D eigenvalue weighted by Gasteiger charge is -2.08. The second-order valence-corrected chi connectivity index (χ2v) is 3.76. The Hall–Kier alpha value is -2.97. The Morgan fingerprint density at radius 1 is 1.55 bits per heavy atom. The highest BCUT2D eigenvalue weighted by molar-refractivity contribution is 5.97. The van der Waals surface area contributed by atoms with Gasteiger partial charge in [0.05, 0.1) is 30.2 Å². The fraction of sp³-hybridized carbons (Fsp3) is 0.182. The second-order valence-electron chi connectivity index (χ2n) is 3.76. The number of non-ortho nitro benzene ring substituents is 1. The number of H-pyrrole nitrogens is 1. The van der Waals surface area contributed by atoms with Gasteiger partial charge in [-0.3, -0.25) is 20.0 Å². The molecule has 0 aliphatic rings. The molecule has 0 bridgehead atoms. The summed E-state index contributed by atoms with van der Waals surface area (Å²) in [7, 11) is 1.34. The van der Waals surface area contributed by atoms with Gasteiger partial charge >= 0.3 is 0 Å². The second kappa shape index (κ2) is 5.78. The van der Waals surface area contributed by atoms with Crippen LogP contribution in [-0.4, -0.2) is 33.1 Å². The summed E-state index contributed by atoms with van der Waals surface area (Å²) in [6, 6.07) is 3.78. The third-order valence-electron chi connectivity index (χ3n) is 2.52. The maximum Gasteiger partial charge on any atom is 0.273 e. The van der Waals surface area contributed by atoms with Gasteiger partial charge in [-0.2, -0.15) is 5.10 Å². The molecule has 1 aromatic heterocycles. The number of hydrogen-bond acceptors (Lipinski definition) is 6. The van der Waals surface area contributed by atoms with Crippen LogP contribution in [0, 0.1) is 10.1 Å². The molecule has 9 heteroatoms. The quantitative estimate of drug-likeness (QED) is 0.611. The molecule has 20 heavy (non-hydrogen) atoms. The predicted molar refractivity (Wildman–Crippen MR) is 67.2 cm³/mol. The van der Waals surface area contributed by atoms with Crippen LogP contribution < -0.4 is 10.1 Å². The molecule has 0 fully saturated rings. The largest absolute Gasteiger partial charge is 0.496 e. The number of nitro groups is 1. The molecule has 2 aromatic rings. The summed E-state index contributed by atoms with van der Waals surface area (Å²) in [4.78, 5) is 25.9. The van der Waals surface area contributed by atoms with E-state index >= 15 is 0 Å². The lowest BCUT2D eigenvalue weighted by atomic mass is 10.1. The first kappa shape index (κ1) is 13.5. The Kier molecular flexibility index (Phi) is 3.89. The summed E-state index contributed by atoms with van der Waals surface area (Å²) in [6.07, 6.45) is 1.33. The standard InChI is InChI=1S/C11H11N5O4/c1-20-9-4-7(16(18)19)2-3-8(9)11(17)12-5-10-13-6-14-15-10/h2-4,6H,5H2,1H3,(H,12,17)(H,13,14,15). The summed E-state index contributed by atoms with van der Waals surface area (Å²) in [6.45, 7) is 0.166. The molecular formula is C11H11N5O4. The first-order valence-corrected chi connectivity index (χ1v) is 5.56. The lowest BCUT2D eigenvalue weighted by molar-refractivity contribution is -0.384. The third-order valence-corrected chi connectivity index (χ3v) is 2.52. The van der Waals surface area contributed by atoms with Gasteiger partial charge in [0.2, 0.25) is 0 Å². The van der Waals surface area contributed by atoms with Crippen molar-refractivity contribution in [2.24, 2.45) is 0 Å². The third kappa shape index (κ3) is 2.88. The van der Waals surface area contributed by atoms with Gasteiger partial charge in [-0.05, 0) is 6.07 Å². The SMILES string of the molecule is COc1cc([N+](=O)[O-])ccc1C(=O)NCc1ncn[nH]1. The molecule has 0 aliphatic carbocycles. The number of methoxy groups -OCH3 is 1. The number of rotatable bonds is 5. The van der Waals surface area contributed by atoms with Crippen LogP contribution >= 0.6 is 0 Å². The van der Waals surface area contributed by atoms with Crippen LogP contribution in [0.2, 0.25) is 0 Å². The van der Waals surface area contributed by atoms with E-state index in [1.807, 2.05) is 0 Å². The van der Waals surface area contributed by atoms with Crippen LogP contribution in [0.15, 0.2) is 24.5 Å². The maximum atomic E-state index is 12.0. The van der Waals surface area contributed by atoms with Gasteiger partial charge in [0.15, 0.2) is 0 Å². The van der Waals surface area contributed by atoms with Crippen LogP contribution in [0.4, 0.5) is 5.69 Å². The number of benzene rings is 1. The normalized spacial score (nSPS) is 10.1. The van der Waals surface area contributed by atoms with Crippen molar-refractivity contribution in [1.82, 2.24) is 20.5 Å². The van der Waals surface area contributed by atoms with Crippen molar-refractivity contribution in [2.75, 3.05) is 7.11 Å². The fourth-order valence-electron chi connectivity index (χ4n) is 1.56. The van der Waals surface area contributed by atoms with Crippen molar-refractivity contribution in [3.05, 3.63) is 46.0 Å². The van der Waals surface area contributed by atoms with Gasteiger partial charge in [0.1, 0.15) is 17.9 Å². The molecule has 0 aliphatic heterocycles. The van der Waals surface area contributed by atoms with E-state index in [0.717, 1.165) is 0 Å². The van der Waals surface area contributed by atoms with E-state index in [-0.39, 0.29) is 23.5 Å². The molecule has 2 N–H and O–H groups in total. The maximum absolute atomic E-state index is 12.0. The van der Waals surface area contributed by atoms with Crippen molar-refractivity contribution in [3.8, 4) is 5.75 Å². The number of nitrogens with one attached hydrogen (secondary N) is 2. The van der Waals surface area contributed by atoms with Crippen molar-refractivity contribution < 1.29 is 14.5 Å². The monoisotopic (exact) mass is 277 g/mol. The summed E-state index contributed by atoms with van der Waals surface area (Å²) in [5, 5.41) is 19.5. The summed E-state index contributed by atoms with van der Waals surface area (Å²) in [5.41, 5.74) is 0.0613. The highest BCUT2D eigenvalue weighted by Gasteiger charge is 2.16. The Bertz CT molecular complexity index is 626. The fourth-order valence-corrected chi connectivity index (χ4v) is 1.56. The first-order chi connectivity index (χ1) is 9.61. The van der Waals surface area contributed by atoms with Crippen LogP contribution in [0.3, 0.4) is 0 Å². The van der Waals surface area contributed by atoms with Gasteiger partial charge in [-0.25, -0.2) is 4.98 Å². The number of nitrogens with zero attached hydrogens (tertiary/aromatic N) is 3.